The van der Waals surface area contributed by atoms with E-state index >= 15 is 0 Å². The van der Waals surface area contributed by atoms with E-state index in [9.17, 15) is 0 Å². The average Bonchev–Trinajstić information content (AvgIpc) is 2.83. The maximum Gasteiger partial charge on any atom is 0.175 e. The number of benzene rings is 1. The van der Waals surface area contributed by atoms with Crippen LogP contribution in [-0.4, -0.2) is 23.0 Å². The molecule has 7 heteroatoms. The van der Waals surface area contributed by atoms with E-state index < -0.39 is 0 Å². The number of halogens is 1. The van der Waals surface area contributed by atoms with Gasteiger partial charge in [-0.3, -0.25) is 0 Å². The SMILES string of the molecule is CSc1nnc(SC(CN)c2cccc(Br)c2)s1. The lowest BCUT2D eigenvalue weighted by atomic mass is 10.1. The number of nitrogens with zero attached hydrogens (tertiary/aromatic N) is 2. The lowest BCUT2D eigenvalue weighted by Gasteiger charge is -2.12. The van der Waals surface area contributed by atoms with Crippen molar-refractivity contribution >= 4 is 50.8 Å². The molecule has 0 saturated carbocycles. The van der Waals surface area contributed by atoms with Crippen molar-refractivity contribution in [2.75, 3.05) is 12.8 Å². The van der Waals surface area contributed by atoms with Crippen LogP contribution in [0.3, 0.4) is 0 Å². The first-order chi connectivity index (χ1) is 8.72. The van der Waals surface area contributed by atoms with Gasteiger partial charge in [0.15, 0.2) is 8.68 Å². The summed E-state index contributed by atoms with van der Waals surface area (Å²) in [5, 5.41) is 8.47. The van der Waals surface area contributed by atoms with E-state index in [4.69, 9.17) is 5.73 Å². The second-order valence-electron chi connectivity index (χ2n) is 3.44. The van der Waals surface area contributed by atoms with Gasteiger partial charge in [0.1, 0.15) is 0 Å². The molecule has 0 aliphatic carbocycles. The Morgan fingerprint density at radius 3 is 2.78 bits per heavy atom. The van der Waals surface area contributed by atoms with Crippen LogP contribution in [0.15, 0.2) is 37.4 Å². The van der Waals surface area contributed by atoms with Crippen LogP contribution >= 0.6 is 50.8 Å². The summed E-state index contributed by atoms with van der Waals surface area (Å²) in [4.78, 5) is 0. The molecule has 0 radical (unpaired) electrons. The normalized spacial score (nSPS) is 12.6. The summed E-state index contributed by atoms with van der Waals surface area (Å²) in [5.74, 6) is 0. The van der Waals surface area contributed by atoms with Gasteiger partial charge in [-0.2, -0.15) is 0 Å². The van der Waals surface area contributed by atoms with Gasteiger partial charge < -0.3 is 5.73 Å². The van der Waals surface area contributed by atoms with E-state index in [2.05, 4.69) is 38.3 Å². The number of rotatable bonds is 5. The number of aromatic nitrogens is 2. The molecule has 3 nitrogen and oxygen atoms in total. The predicted octanol–water partition coefficient (Wildman–Crippen LogP) is 3.81. The van der Waals surface area contributed by atoms with Gasteiger partial charge in [0.05, 0.1) is 0 Å². The van der Waals surface area contributed by atoms with Crippen molar-refractivity contribution in [1.29, 1.82) is 0 Å². The predicted molar refractivity (Wildman–Crippen MR) is 83.5 cm³/mol. The molecule has 1 aromatic carbocycles. The molecule has 2 rings (SSSR count). The van der Waals surface area contributed by atoms with Gasteiger partial charge in [-0.15, -0.1) is 10.2 Å². The lowest BCUT2D eigenvalue weighted by Crippen LogP contribution is -2.09. The number of hydrogen-bond donors (Lipinski definition) is 1. The molecule has 0 fully saturated rings. The molecular weight excluding hydrogens is 350 g/mol. The molecule has 1 atom stereocenters. The van der Waals surface area contributed by atoms with Gasteiger partial charge in [0.25, 0.3) is 0 Å². The van der Waals surface area contributed by atoms with Crippen molar-refractivity contribution in [2.45, 2.75) is 13.9 Å². The molecule has 0 bridgehead atoms. The summed E-state index contributed by atoms with van der Waals surface area (Å²) in [6.07, 6.45) is 2.00. The van der Waals surface area contributed by atoms with E-state index in [1.54, 1.807) is 34.9 Å². The Labute approximate surface area is 127 Å². The molecule has 2 aromatic rings. The van der Waals surface area contributed by atoms with Crippen molar-refractivity contribution in [3.63, 3.8) is 0 Å². The van der Waals surface area contributed by atoms with Crippen molar-refractivity contribution in [3.8, 4) is 0 Å². The number of hydrogen-bond acceptors (Lipinski definition) is 6. The molecule has 0 aliphatic rings. The third kappa shape index (κ3) is 3.71. The summed E-state index contributed by atoms with van der Waals surface area (Å²) < 4.78 is 3.03. The molecule has 2 N–H and O–H groups in total. The zero-order chi connectivity index (χ0) is 13.0. The molecule has 18 heavy (non-hydrogen) atoms. The Kier molecular flexibility index (Phi) is 5.50. The first kappa shape index (κ1) is 14.3. The Bertz CT molecular complexity index is 518. The Morgan fingerprint density at radius 1 is 1.39 bits per heavy atom. The number of nitrogens with two attached hydrogens (primary N) is 1. The molecule has 0 spiro atoms. The maximum atomic E-state index is 5.86. The van der Waals surface area contributed by atoms with Crippen LogP contribution in [0.5, 0.6) is 0 Å². The third-order valence-corrected chi connectivity index (χ3v) is 6.00. The fourth-order valence-electron chi connectivity index (χ4n) is 1.41. The van der Waals surface area contributed by atoms with Gasteiger partial charge >= 0.3 is 0 Å². The molecule has 0 aliphatic heterocycles. The van der Waals surface area contributed by atoms with Gasteiger partial charge in [-0.05, 0) is 24.0 Å². The Balaban J connectivity index is 2.14. The quantitative estimate of drug-likeness (QED) is 0.820. The average molecular weight is 362 g/mol. The van der Waals surface area contributed by atoms with E-state index in [-0.39, 0.29) is 5.25 Å². The number of thioether (sulfide) groups is 2. The van der Waals surface area contributed by atoms with Crippen LogP contribution in [0.2, 0.25) is 0 Å². The minimum atomic E-state index is 0.213. The van der Waals surface area contributed by atoms with Crippen LogP contribution in [-0.2, 0) is 0 Å². The van der Waals surface area contributed by atoms with Crippen molar-refractivity contribution in [1.82, 2.24) is 10.2 Å². The van der Waals surface area contributed by atoms with E-state index in [1.165, 1.54) is 5.56 Å². The fourth-order valence-corrected chi connectivity index (χ4v) is 4.48. The van der Waals surface area contributed by atoms with Gasteiger partial charge in [0.2, 0.25) is 0 Å². The van der Waals surface area contributed by atoms with E-state index in [1.807, 2.05) is 18.4 Å². The van der Waals surface area contributed by atoms with E-state index in [0.717, 1.165) is 13.2 Å². The third-order valence-electron chi connectivity index (χ3n) is 2.24. The monoisotopic (exact) mass is 361 g/mol. The zero-order valence-electron chi connectivity index (χ0n) is 9.67. The van der Waals surface area contributed by atoms with Crippen LogP contribution in [0.4, 0.5) is 0 Å². The van der Waals surface area contributed by atoms with Crippen LogP contribution in [0.25, 0.3) is 0 Å². The van der Waals surface area contributed by atoms with Gasteiger partial charge in [-0.1, -0.05) is 62.9 Å². The standard InChI is InChI=1S/C11H12BrN3S3/c1-16-10-14-15-11(18-10)17-9(6-13)7-3-2-4-8(12)5-7/h2-5,9H,6,13H2,1H3. The first-order valence-corrected chi connectivity index (χ1v) is 8.94. The second-order valence-corrected chi connectivity index (χ2v) is 7.83. The highest BCUT2D eigenvalue weighted by Crippen LogP contribution is 2.38. The highest BCUT2D eigenvalue weighted by atomic mass is 79.9. The molecule has 1 aromatic heterocycles. The van der Waals surface area contributed by atoms with E-state index in [0.29, 0.717) is 6.54 Å². The van der Waals surface area contributed by atoms with Crippen molar-refractivity contribution < 1.29 is 0 Å². The highest BCUT2D eigenvalue weighted by Gasteiger charge is 2.14. The summed E-state index contributed by atoms with van der Waals surface area (Å²) in [6.45, 7) is 0.579. The smallest absolute Gasteiger partial charge is 0.175 e. The minimum Gasteiger partial charge on any atom is -0.329 e. The summed E-state index contributed by atoms with van der Waals surface area (Å²) in [7, 11) is 0. The molecule has 0 saturated heterocycles. The molecular formula is C11H12BrN3S3. The molecule has 0 amide bonds. The topological polar surface area (TPSA) is 51.8 Å². The minimum absolute atomic E-state index is 0.213. The van der Waals surface area contributed by atoms with Crippen LogP contribution < -0.4 is 5.73 Å². The fraction of sp³-hybridized carbons (Fsp3) is 0.273. The first-order valence-electron chi connectivity index (χ1n) is 5.22. The van der Waals surface area contributed by atoms with Crippen molar-refractivity contribution in [2.24, 2.45) is 5.73 Å². The van der Waals surface area contributed by atoms with Crippen LogP contribution in [0, 0.1) is 0 Å². The molecule has 96 valence electrons. The maximum absolute atomic E-state index is 5.86. The Hall–Kier alpha value is -0.0800. The van der Waals surface area contributed by atoms with Crippen molar-refractivity contribution in [3.05, 3.63) is 34.3 Å². The second kappa shape index (κ2) is 6.91. The lowest BCUT2D eigenvalue weighted by molar-refractivity contribution is 0.920. The van der Waals surface area contributed by atoms with Crippen LogP contribution in [0.1, 0.15) is 10.8 Å². The molecule has 1 heterocycles. The van der Waals surface area contributed by atoms with Gasteiger partial charge in [-0.25, -0.2) is 0 Å². The summed E-state index contributed by atoms with van der Waals surface area (Å²) in [5.41, 5.74) is 7.06. The van der Waals surface area contributed by atoms with Gasteiger partial charge in [0, 0.05) is 16.3 Å². The summed E-state index contributed by atoms with van der Waals surface area (Å²) in [6, 6.07) is 8.22. The Morgan fingerprint density at radius 2 is 2.17 bits per heavy atom. The highest BCUT2D eigenvalue weighted by molar-refractivity contribution is 9.10. The largest absolute Gasteiger partial charge is 0.329 e. The summed E-state index contributed by atoms with van der Waals surface area (Å²) >= 11 is 8.38. The molecule has 1 unspecified atom stereocenters. The zero-order valence-corrected chi connectivity index (χ0v) is 13.7.